The molecule has 1 amide bonds. The largest absolute Gasteiger partial charge is 0.507 e. The maximum Gasteiger partial charge on any atom is 0.295 e. The number of benzene rings is 3. The molecule has 7 heteroatoms. The standard InChI is InChI=1S/C28H26FNO5/c1-17-4-7-19(8-5-17)25-24(26(31)20-9-11-21(29)12-10-20)27(32)28(33)30(25)15-14-18-6-13-22(34-2)23(16-18)35-3/h4-13,16,25,31H,14-15H2,1-3H3. The van der Waals surface area contributed by atoms with Crippen LogP contribution in [0.1, 0.15) is 28.3 Å². The van der Waals surface area contributed by atoms with Crippen molar-refractivity contribution in [2.75, 3.05) is 20.8 Å². The number of ether oxygens (including phenoxy) is 2. The number of hydrogen-bond acceptors (Lipinski definition) is 5. The zero-order chi connectivity index (χ0) is 25.1. The molecule has 0 aliphatic carbocycles. The zero-order valence-corrected chi connectivity index (χ0v) is 19.7. The zero-order valence-electron chi connectivity index (χ0n) is 19.7. The average Bonchev–Trinajstić information content (AvgIpc) is 3.12. The van der Waals surface area contributed by atoms with Gasteiger partial charge in [0, 0.05) is 12.1 Å². The van der Waals surface area contributed by atoms with Crippen molar-refractivity contribution in [1.82, 2.24) is 4.90 Å². The second kappa shape index (κ2) is 10.0. The van der Waals surface area contributed by atoms with E-state index in [0.717, 1.165) is 11.1 Å². The van der Waals surface area contributed by atoms with Crippen LogP contribution in [-0.2, 0) is 16.0 Å². The first kappa shape index (κ1) is 24.0. The van der Waals surface area contributed by atoms with E-state index in [0.29, 0.717) is 23.5 Å². The van der Waals surface area contributed by atoms with Crippen molar-refractivity contribution < 1.29 is 28.6 Å². The number of carbonyl (C=O) groups is 2. The quantitative estimate of drug-likeness (QED) is 0.301. The molecule has 3 aromatic rings. The highest BCUT2D eigenvalue weighted by Crippen LogP contribution is 2.39. The summed E-state index contributed by atoms with van der Waals surface area (Å²) in [6.45, 7) is 2.18. The first-order valence-corrected chi connectivity index (χ1v) is 11.2. The van der Waals surface area contributed by atoms with E-state index in [1.54, 1.807) is 20.3 Å². The molecule has 1 aliphatic rings. The summed E-state index contributed by atoms with van der Waals surface area (Å²) in [7, 11) is 3.10. The highest BCUT2D eigenvalue weighted by Gasteiger charge is 2.45. The van der Waals surface area contributed by atoms with E-state index in [-0.39, 0.29) is 23.4 Å². The van der Waals surface area contributed by atoms with Crippen LogP contribution in [0, 0.1) is 12.7 Å². The monoisotopic (exact) mass is 475 g/mol. The molecule has 35 heavy (non-hydrogen) atoms. The van der Waals surface area contributed by atoms with Crippen LogP contribution in [-0.4, -0.2) is 42.5 Å². The van der Waals surface area contributed by atoms with E-state index in [1.165, 1.54) is 29.2 Å². The van der Waals surface area contributed by atoms with Gasteiger partial charge in [-0.3, -0.25) is 9.59 Å². The Kier molecular flexibility index (Phi) is 6.87. The van der Waals surface area contributed by atoms with E-state index < -0.39 is 23.5 Å². The second-order valence-corrected chi connectivity index (χ2v) is 8.35. The number of aliphatic hydroxyl groups is 1. The lowest BCUT2D eigenvalue weighted by Crippen LogP contribution is -2.31. The van der Waals surface area contributed by atoms with Crippen molar-refractivity contribution in [3.05, 3.63) is 100 Å². The van der Waals surface area contributed by atoms with Gasteiger partial charge in [0.15, 0.2) is 11.5 Å². The minimum Gasteiger partial charge on any atom is -0.507 e. The van der Waals surface area contributed by atoms with Crippen LogP contribution in [0.2, 0.25) is 0 Å². The first-order valence-electron chi connectivity index (χ1n) is 11.2. The maximum absolute atomic E-state index is 13.4. The van der Waals surface area contributed by atoms with Gasteiger partial charge in [-0.2, -0.15) is 0 Å². The van der Waals surface area contributed by atoms with Gasteiger partial charge in [0.25, 0.3) is 11.7 Å². The molecule has 1 heterocycles. The van der Waals surface area contributed by atoms with Gasteiger partial charge in [0.05, 0.1) is 25.8 Å². The van der Waals surface area contributed by atoms with Crippen LogP contribution < -0.4 is 9.47 Å². The summed E-state index contributed by atoms with van der Waals surface area (Å²) in [5.41, 5.74) is 2.87. The molecule has 1 fully saturated rings. The fourth-order valence-corrected chi connectivity index (χ4v) is 4.25. The molecule has 0 bridgehead atoms. The highest BCUT2D eigenvalue weighted by atomic mass is 19.1. The van der Waals surface area contributed by atoms with Gasteiger partial charge in [-0.05, 0) is 60.9 Å². The molecule has 1 saturated heterocycles. The second-order valence-electron chi connectivity index (χ2n) is 8.35. The summed E-state index contributed by atoms with van der Waals surface area (Å²) >= 11 is 0. The Morgan fingerprint density at radius 1 is 0.943 bits per heavy atom. The first-order chi connectivity index (χ1) is 16.8. The number of hydrogen-bond donors (Lipinski definition) is 1. The third-order valence-electron chi connectivity index (χ3n) is 6.14. The fourth-order valence-electron chi connectivity index (χ4n) is 4.25. The fraction of sp³-hybridized carbons (Fsp3) is 0.214. The van der Waals surface area contributed by atoms with Gasteiger partial charge in [0.2, 0.25) is 0 Å². The van der Waals surface area contributed by atoms with Gasteiger partial charge in [-0.15, -0.1) is 0 Å². The van der Waals surface area contributed by atoms with Crippen molar-refractivity contribution in [2.45, 2.75) is 19.4 Å². The van der Waals surface area contributed by atoms with Crippen LogP contribution >= 0.6 is 0 Å². The number of ketones is 1. The molecule has 0 spiro atoms. The Bertz CT molecular complexity index is 1280. The number of aryl methyl sites for hydroxylation is 1. The summed E-state index contributed by atoms with van der Waals surface area (Å²) in [5, 5.41) is 11.0. The SMILES string of the molecule is COc1ccc(CCN2C(=O)C(=O)C(=C(O)c3ccc(F)cc3)C2c2ccc(C)cc2)cc1OC. The molecule has 180 valence electrons. The van der Waals surface area contributed by atoms with Crippen molar-refractivity contribution in [3.8, 4) is 11.5 Å². The summed E-state index contributed by atoms with van der Waals surface area (Å²) in [6, 6.07) is 17.3. The summed E-state index contributed by atoms with van der Waals surface area (Å²) in [4.78, 5) is 27.7. The topological polar surface area (TPSA) is 76.1 Å². The molecule has 1 atom stereocenters. The van der Waals surface area contributed by atoms with E-state index in [2.05, 4.69) is 0 Å². The van der Waals surface area contributed by atoms with Crippen LogP contribution in [0.5, 0.6) is 11.5 Å². The van der Waals surface area contributed by atoms with Crippen LogP contribution in [0.3, 0.4) is 0 Å². The predicted octanol–water partition coefficient (Wildman–Crippen LogP) is 4.82. The Labute approximate surface area is 203 Å². The minimum absolute atomic E-state index is 0.0160. The Morgan fingerprint density at radius 3 is 2.23 bits per heavy atom. The van der Waals surface area contributed by atoms with E-state index in [4.69, 9.17) is 9.47 Å². The number of halogens is 1. The molecule has 0 radical (unpaired) electrons. The molecule has 1 N–H and O–H groups in total. The third kappa shape index (κ3) is 4.75. The molecule has 0 saturated carbocycles. The Balaban J connectivity index is 1.73. The number of nitrogens with zero attached hydrogens (tertiary/aromatic N) is 1. The average molecular weight is 476 g/mol. The lowest BCUT2D eigenvalue weighted by molar-refractivity contribution is -0.139. The van der Waals surface area contributed by atoms with Crippen molar-refractivity contribution in [2.24, 2.45) is 0 Å². The van der Waals surface area contributed by atoms with Crippen molar-refractivity contribution in [1.29, 1.82) is 0 Å². The van der Waals surface area contributed by atoms with E-state index >= 15 is 0 Å². The number of aliphatic hydroxyl groups excluding tert-OH is 1. The van der Waals surface area contributed by atoms with Crippen molar-refractivity contribution >= 4 is 17.4 Å². The minimum atomic E-state index is -0.777. The Hall–Kier alpha value is -4.13. The van der Waals surface area contributed by atoms with E-state index in [9.17, 15) is 19.1 Å². The van der Waals surface area contributed by atoms with Crippen LogP contribution in [0.4, 0.5) is 4.39 Å². The maximum atomic E-state index is 13.4. The number of methoxy groups -OCH3 is 2. The van der Waals surface area contributed by atoms with Gasteiger partial charge in [-0.1, -0.05) is 35.9 Å². The molecule has 1 unspecified atom stereocenters. The number of amides is 1. The third-order valence-corrected chi connectivity index (χ3v) is 6.14. The van der Waals surface area contributed by atoms with Crippen LogP contribution in [0.25, 0.3) is 5.76 Å². The molecule has 0 aromatic heterocycles. The highest BCUT2D eigenvalue weighted by molar-refractivity contribution is 6.46. The lowest BCUT2D eigenvalue weighted by Gasteiger charge is -2.25. The summed E-state index contributed by atoms with van der Waals surface area (Å²) < 4.78 is 24.1. The molecule has 1 aliphatic heterocycles. The number of rotatable bonds is 7. The normalized spacial score (nSPS) is 17.0. The number of Topliss-reactive ketones (excluding diaryl/α,β-unsaturated/α-hetero) is 1. The Morgan fingerprint density at radius 2 is 1.60 bits per heavy atom. The summed E-state index contributed by atoms with van der Waals surface area (Å²) in [5.74, 6) is -1.10. The van der Waals surface area contributed by atoms with Gasteiger partial charge in [0.1, 0.15) is 11.6 Å². The van der Waals surface area contributed by atoms with Crippen LogP contribution in [0.15, 0.2) is 72.3 Å². The molecule has 3 aromatic carbocycles. The molecule has 4 rings (SSSR count). The molecule has 6 nitrogen and oxygen atoms in total. The smallest absolute Gasteiger partial charge is 0.295 e. The molecular formula is C28H26FNO5. The van der Waals surface area contributed by atoms with Gasteiger partial charge < -0.3 is 19.5 Å². The van der Waals surface area contributed by atoms with Gasteiger partial charge in [-0.25, -0.2) is 4.39 Å². The van der Waals surface area contributed by atoms with Gasteiger partial charge >= 0.3 is 0 Å². The molecular weight excluding hydrogens is 449 g/mol. The number of likely N-dealkylation sites (tertiary alicyclic amines) is 1. The lowest BCUT2D eigenvalue weighted by atomic mass is 9.94. The van der Waals surface area contributed by atoms with Crippen molar-refractivity contribution in [3.63, 3.8) is 0 Å². The number of carbonyl (C=O) groups excluding carboxylic acids is 2. The summed E-state index contributed by atoms with van der Waals surface area (Å²) in [6.07, 6.45) is 0.451. The predicted molar refractivity (Wildman–Crippen MR) is 130 cm³/mol. The van der Waals surface area contributed by atoms with E-state index in [1.807, 2.05) is 43.3 Å².